The van der Waals surface area contributed by atoms with Crippen LogP contribution in [0.5, 0.6) is 0 Å². The molecule has 3 aromatic rings. The van der Waals surface area contributed by atoms with E-state index in [1.807, 2.05) is 6.07 Å². The van der Waals surface area contributed by atoms with Crippen LogP contribution in [-0.2, 0) is 4.74 Å². The minimum atomic E-state index is -1.33. The van der Waals surface area contributed by atoms with Gasteiger partial charge < -0.3 is 20.1 Å². The van der Waals surface area contributed by atoms with Crippen molar-refractivity contribution in [2.24, 2.45) is 5.92 Å². The number of nitrogens with zero attached hydrogens (tertiary/aromatic N) is 6. The van der Waals surface area contributed by atoms with Crippen LogP contribution in [0.15, 0.2) is 24.7 Å². The van der Waals surface area contributed by atoms with Crippen LogP contribution in [-0.4, -0.2) is 68.3 Å². The van der Waals surface area contributed by atoms with E-state index in [0.717, 1.165) is 57.6 Å². The number of anilines is 2. The molecule has 10 nitrogen and oxygen atoms in total. The Morgan fingerprint density at radius 3 is 2.89 bits per heavy atom. The fourth-order valence-corrected chi connectivity index (χ4v) is 4.94. The highest BCUT2D eigenvalue weighted by Crippen LogP contribution is 2.34. The quantitative estimate of drug-likeness (QED) is 0.552. The minimum absolute atomic E-state index is 0.125. The van der Waals surface area contributed by atoms with Crippen molar-refractivity contribution in [1.29, 1.82) is 0 Å². The number of aliphatic hydroxyl groups excluding tert-OH is 1. The summed E-state index contributed by atoms with van der Waals surface area (Å²) in [6.07, 6.45) is 8.10. The number of amides is 1. The Kier molecular flexibility index (Phi) is 6.96. The van der Waals surface area contributed by atoms with Gasteiger partial charge in [0.2, 0.25) is 0 Å². The van der Waals surface area contributed by atoms with Gasteiger partial charge in [-0.1, -0.05) is 0 Å². The number of aliphatic hydroxyl groups is 1. The summed E-state index contributed by atoms with van der Waals surface area (Å²) in [7, 11) is 0. The fourth-order valence-electron chi connectivity index (χ4n) is 4.94. The van der Waals surface area contributed by atoms with Crippen molar-refractivity contribution >= 4 is 23.1 Å². The third-order valence-electron chi connectivity index (χ3n) is 6.98. The third-order valence-corrected chi connectivity index (χ3v) is 6.98. The highest BCUT2D eigenvalue weighted by Gasteiger charge is 2.26. The fraction of sp³-hybridized carbons (Fsp3) is 0.583. The first-order chi connectivity index (χ1) is 17.0. The van der Waals surface area contributed by atoms with Crippen LogP contribution in [0.25, 0.3) is 5.65 Å². The number of hydrogen-bond acceptors (Lipinski definition) is 7. The first-order valence-electron chi connectivity index (χ1n) is 12.4. The molecular weight excluding hydrogens is 453 g/mol. The predicted molar refractivity (Wildman–Crippen MR) is 128 cm³/mol. The van der Waals surface area contributed by atoms with Crippen molar-refractivity contribution in [3.8, 4) is 0 Å². The minimum Gasteiger partial charge on any atom is -0.396 e. The maximum absolute atomic E-state index is 14.4. The smallest absolute Gasteiger partial charge is 0.261 e. The lowest BCUT2D eigenvalue weighted by atomic mass is 9.87. The standard InChI is InChI=1S/C24H32FN7O3/c1-16(25)22-20(14-32(29-22)18-5-3-17(15-33)4-6-18)27-24(34)19-13-26-31-9-7-21(28-23(19)31)30-8-2-11-35-12-10-30/h7,9,13-14,16-18,33H,2-6,8,10-12,15H2,1H3,(H,27,34)/t16?,17-,18-. The second-order valence-corrected chi connectivity index (χ2v) is 9.40. The molecule has 0 bridgehead atoms. The van der Waals surface area contributed by atoms with Crippen LogP contribution in [0.2, 0.25) is 0 Å². The Balaban J connectivity index is 1.37. The number of carbonyl (C=O) groups is 1. The molecule has 2 N–H and O–H groups in total. The maximum atomic E-state index is 14.4. The van der Waals surface area contributed by atoms with Gasteiger partial charge in [0.05, 0.1) is 24.5 Å². The number of hydrogen-bond donors (Lipinski definition) is 2. The molecule has 1 amide bonds. The number of ether oxygens (including phenoxy) is 1. The molecular formula is C24H32FN7O3. The molecule has 1 atom stereocenters. The van der Waals surface area contributed by atoms with Crippen LogP contribution in [0.1, 0.15) is 67.3 Å². The normalized spacial score (nSPS) is 22.2. The molecule has 1 aliphatic carbocycles. The second-order valence-electron chi connectivity index (χ2n) is 9.40. The third kappa shape index (κ3) is 5.01. The van der Waals surface area contributed by atoms with Gasteiger partial charge in [0, 0.05) is 38.7 Å². The van der Waals surface area contributed by atoms with Crippen molar-refractivity contribution in [3.05, 3.63) is 35.9 Å². The lowest BCUT2D eigenvalue weighted by Crippen LogP contribution is -2.27. The van der Waals surface area contributed by atoms with Gasteiger partial charge in [-0.3, -0.25) is 9.48 Å². The van der Waals surface area contributed by atoms with Gasteiger partial charge >= 0.3 is 0 Å². The summed E-state index contributed by atoms with van der Waals surface area (Å²) in [4.78, 5) is 20.1. The van der Waals surface area contributed by atoms with Crippen LogP contribution >= 0.6 is 0 Å². The number of alkyl halides is 1. The Morgan fingerprint density at radius 2 is 2.11 bits per heavy atom. The maximum Gasteiger partial charge on any atom is 0.261 e. The summed E-state index contributed by atoms with van der Waals surface area (Å²) < 4.78 is 23.3. The molecule has 5 rings (SSSR count). The van der Waals surface area contributed by atoms with E-state index in [-0.39, 0.29) is 18.3 Å². The zero-order valence-electron chi connectivity index (χ0n) is 19.9. The van der Waals surface area contributed by atoms with Gasteiger partial charge in [-0.05, 0) is 51.0 Å². The van der Waals surface area contributed by atoms with E-state index in [4.69, 9.17) is 9.72 Å². The Morgan fingerprint density at radius 1 is 1.29 bits per heavy atom. The molecule has 0 aromatic carbocycles. The first-order valence-corrected chi connectivity index (χ1v) is 12.4. The molecule has 1 saturated carbocycles. The first kappa shape index (κ1) is 23.7. The zero-order chi connectivity index (χ0) is 24.4. The summed E-state index contributed by atoms with van der Waals surface area (Å²) in [5.41, 5.74) is 1.31. The molecule has 2 fully saturated rings. The average Bonchev–Trinajstić information content (AvgIpc) is 3.39. The highest BCUT2D eigenvalue weighted by molar-refractivity contribution is 6.08. The number of carbonyl (C=O) groups excluding carboxylic acids is 1. The number of rotatable bonds is 6. The van der Waals surface area contributed by atoms with Gasteiger partial charge in [0.1, 0.15) is 23.2 Å². The summed E-state index contributed by atoms with van der Waals surface area (Å²) in [5.74, 6) is 0.673. The number of halogens is 1. The van der Waals surface area contributed by atoms with Gasteiger partial charge in [0.15, 0.2) is 5.65 Å². The Labute approximate surface area is 203 Å². The molecule has 0 spiro atoms. The molecule has 1 unspecified atom stereocenters. The predicted octanol–water partition coefficient (Wildman–Crippen LogP) is 3.16. The van der Waals surface area contributed by atoms with Crippen LogP contribution in [0, 0.1) is 5.92 Å². The average molecular weight is 486 g/mol. The molecule has 1 saturated heterocycles. The summed E-state index contributed by atoms with van der Waals surface area (Å²) in [5, 5.41) is 21.0. The van der Waals surface area contributed by atoms with E-state index >= 15 is 0 Å². The van der Waals surface area contributed by atoms with Crippen LogP contribution in [0.3, 0.4) is 0 Å². The van der Waals surface area contributed by atoms with Crippen LogP contribution in [0.4, 0.5) is 15.9 Å². The lowest BCUT2D eigenvalue weighted by molar-refractivity contribution is 0.102. The lowest BCUT2D eigenvalue weighted by Gasteiger charge is -2.27. The van der Waals surface area contributed by atoms with Crippen molar-refractivity contribution in [2.45, 2.75) is 51.2 Å². The van der Waals surface area contributed by atoms with E-state index in [0.29, 0.717) is 29.4 Å². The van der Waals surface area contributed by atoms with E-state index in [2.05, 4.69) is 20.4 Å². The van der Waals surface area contributed by atoms with Crippen molar-refractivity contribution < 1.29 is 19.0 Å². The monoisotopic (exact) mass is 485 g/mol. The molecule has 4 heterocycles. The number of nitrogens with one attached hydrogen (secondary N) is 1. The molecule has 1 aliphatic heterocycles. The molecule has 0 radical (unpaired) electrons. The van der Waals surface area contributed by atoms with Gasteiger partial charge in [-0.15, -0.1) is 0 Å². The molecule has 2 aliphatic rings. The van der Waals surface area contributed by atoms with Gasteiger partial charge in [0.25, 0.3) is 5.91 Å². The topological polar surface area (TPSA) is 110 Å². The SMILES string of the molecule is CC(F)c1nn([C@H]2CC[C@H](CO)CC2)cc1NC(=O)c1cnn2ccc(N3CCCOCC3)nc12. The number of aromatic nitrogens is 5. The van der Waals surface area contributed by atoms with E-state index < -0.39 is 12.1 Å². The molecule has 35 heavy (non-hydrogen) atoms. The molecule has 11 heteroatoms. The summed E-state index contributed by atoms with van der Waals surface area (Å²) in [6, 6.07) is 2.01. The molecule has 188 valence electrons. The highest BCUT2D eigenvalue weighted by atomic mass is 19.1. The van der Waals surface area contributed by atoms with E-state index in [1.54, 1.807) is 21.6 Å². The Hall–Kier alpha value is -3.05. The zero-order valence-corrected chi connectivity index (χ0v) is 19.9. The van der Waals surface area contributed by atoms with Crippen molar-refractivity contribution in [3.63, 3.8) is 0 Å². The Bertz CT molecular complexity index is 1160. The van der Waals surface area contributed by atoms with Crippen molar-refractivity contribution in [2.75, 3.05) is 43.1 Å². The summed E-state index contributed by atoms with van der Waals surface area (Å²) >= 11 is 0. The van der Waals surface area contributed by atoms with Crippen LogP contribution < -0.4 is 10.2 Å². The van der Waals surface area contributed by atoms with Gasteiger partial charge in [-0.2, -0.15) is 10.2 Å². The second kappa shape index (κ2) is 10.3. The van der Waals surface area contributed by atoms with Crippen molar-refractivity contribution in [1.82, 2.24) is 24.4 Å². The largest absolute Gasteiger partial charge is 0.396 e. The number of fused-ring (bicyclic) bond motifs is 1. The summed E-state index contributed by atoms with van der Waals surface area (Å²) in [6.45, 7) is 4.53. The van der Waals surface area contributed by atoms with E-state index in [1.165, 1.54) is 13.1 Å². The molecule has 3 aromatic heterocycles. The van der Waals surface area contributed by atoms with Gasteiger partial charge in [-0.25, -0.2) is 13.9 Å². The van der Waals surface area contributed by atoms with E-state index in [9.17, 15) is 14.3 Å².